The molecule has 0 aliphatic rings. The molecule has 82 valence electrons. The number of anilines is 1. The highest BCUT2D eigenvalue weighted by atomic mass is 32.1. The lowest BCUT2D eigenvalue weighted by Crippen LogP contribution is -2.20. The van der Waals surface area contributed by atoms with Gasteiger partial charge in [0.05, 0.1) is 5.25 Å². The lowest BCUT2D eigenvalue weighted by Gasteiger charge is -2.08. The van der Waals surface area contributed by atoms with Crippen LogP contribution in [0.4, 0.5) is 5.69 Å². The summed E-state index contributed by atoms with van der Waals surface area (Å²) < 4.78 is 0. The van der Waals surface area contributed by atoms with E-state index in [4.69, 9.17) is 0 Å². The minimum absolute atomic E-state index is 0.0846. The molecule has 1 amide bonds. The molecule has 16 heavy (non-hydrogen) atoms. The molecule has 0 saturated heterocycles. The van der Waals surface area contributed by atoms with Crippen LogP contribution in [0.15, 0.2) is 42.5 Å². The van der Waals surface area contributed by atoms with E-state index in [-0.39, 0.29) is 11.2 Å². The first-order valence-corrected chi connectivity index (χ1v) is 5.66. The summed E-state index contributed by atoms with van der Waals surface area (Å²) in [7, 11) is 0. The third-order valence-corrected chi connectivity index (χ3v) is 2.63. The van der Waals surface area contributed by atoms with E-state index in [1.807, 2.05) is 42.5 Å². The van der Waals surface area contributed by atoms with Crippen LogP contribution in [-0.4, -0.2) is 11.2 Å². The minimum Gasteiger partial charge on any atom is -0.325 e. The molecule has 2 aromatic carbocycles. The van der Waals surface area contributed by atoms with Crippen LogP contribution in [-0.2, 0) is 4.79 Å². The van der Waals surface area contributed by atoms with Crippen molar-refractivity contribution in [1.29, 1.82) is 0 Å². The maximum absolute atomic E-state index is 11.5. The van der Waals surface area contributed by atoms with Gasteiger partial charge in [0.2, 0.25) is 5.91 Å². The lowest BCUT2D eigenvalue weighted by molar-refractivity contribution is -0.115. The second kappa shape index (κ2) is 4.58. The molecule has 0 aliphatic carbocycles. The van der Waals surface area contributed by atoms with Crippen molar-refractivity contribution in [2.24, 2.45) is 0 Å². The number of thiol groups is 1. The fourth-order valence-electron chi connectivity index (χ4n) is 1.51. The first-order chi connectivity index (χ1) is 7.66. The zero-order valence-electron chi connectivity index (χ0n) is 8.97. The summed E-state index contributed by atoms with van der Waals surface area (Å²) in [6.07, 6.45) is 0. The predicted molar refractivity (Wildman–Crippen MR) is 71.0 cm³/mol. The summed E-state index contributed by atoms with van der Waals surface area (Å²) in [5.74, 6) is -0.0846. The molecule has 0 saturated carbocycles. The summed E-state index contributed by atoms with van der Waals surface area (Å²) in [6, 6.07) is 13.9. The van der Waals surface area contributed by atoms with E-state index < -0.39 is 0 Å². The van der Waals surface area contributed by atoms with Crippen molar-refractivity contribution in [3.8, 4) is 0 Å². The molecule has 0 heterocycles. The number of hydrogen-bond acceptors (Lipinski definition) is 2. The molecule has 0 fully saturated rings. The van der Waals surface area contributed by atoms with Crippen LogP contribution in [0.1, 0.15) is 6.92 Å². The molecular weight excluding hydrogens is 218 g/mol. The van der Waals surface area contributed by atoms with Gasteiger partial charge < -0.3 is 5.32 Å². The molecule has 3 heteroatoms. The Morgan fingerprint density at radius 2 is 1.88 bits per heavy atom. The lowest BCUT2D eigenvalue weighted by atomic mass is 10.1. The molecule has 2 aromatic rings. The van der Waals surface area contributed by atoms with Crippen molar-refractivity contribution < 1.29 is 4.79 Å². The van der Waals surface area contributed by atoms with Crippen molar-refractivity contribution >= 4 is 35.0 Å². The molecule has 2 nitrogen and oxygen atoms in total. The van der Waals surface area contributed by atoms with E-state index in [0.717, 1.165) is 11.1 Å². The molecule has 1 N–H and O–H groups in total. The number of carbonyl (C=O) groups is 1. The van der Waals surface area contributed by atoms with Crippen molar-refractivity contribution in [3.63, 3.8) is 0 Å². The van der Waals surface area contributed by atoms with Crippen LogP contribution in [0, 0.1) is 0 Å². The van der Waals surface area contributed by atoms with Gasteiger partial charge in [-0.3, -0.25) is 4.79 Å². The second-order valence-corrected chi connectivity index (χ2v) is 4.50. The number of hydrogen-bond donors (Lipinski definition) is 2. The maximum Gasteiger partial charge on any atom is 0.236 e. The Morgan fingerprint density at radius 3 is 2.56 bits per heavy atom. The Hall–Kier alpha value is -1.48. The number of carbonyl (C=O) groups excluding carboxylic acids is 1. The van der Waals surface area contributed by atoms with Gasteiger partial charge in [0.1, 0.15) is 0 Å². The summed E-state index contributed by atoms with van der Waals surface area (Å²) >= 11 is 4.08. The third-order valence-electron chi connectivity index (χ3n) is 2.40. The smallest absolute Gasteiger partial charge is 0.236 e. The van der Waals surface area contributed by atoms with Gasteiger partial charge in [-0.1, -0.05) is 30.3 Å². The number of rotatable bonds is 2. The number of fused-ring (bicyclic) bond motifs is 1. The molecule has 0 aromatic heterocycles. The number of benzene rings is 2. The van der Waals surface area contributed by atoms with Crippen LogP contribution in [0.25, 0.3) is 10.8 Å². The van der Waals surface area contributed by atoms with Crippen molar-refractivity contribution in [2.45, 2.75) is 12.2 Å². The van der Waals surface area contributed by atoms with Gasteiger partial charge in [-0.2, -0.15) is 12.6 Å². The molecule has 0 aliphatic heterocycles. The third kappa shape index (κ3) is 2.36. The largest absolute Gasteiger partial charge is 0.325 e. The van der Waals surface area contributed by atoms with E-state index >= 15 is 0 Å². The average Bonchev–Trinajstić information content (AvgIpc) is 2.28. The molecule has 0 spiro atoms. The topological polar surface area (TPSA) is 29.1 Å². The fraction of sp³-hybridized carbons (Fsp3) is 0.154. The SMILES string of the molecule is CC(S)C(=O)Nc1ccc2ccccc2c1. The highest BCUT2D eigenvalue weighted by Crippen LogP contribution is 2.19. The minimum atomic E-state index is -0.300. The standard InChI is InChI=1S/C13H13NOS/c1-9(16)13(15)14-12-7-6-10-4-2-3-5-11(10)8-12/h2-9,16H,1H3,(H,14,15). The number of amides is 1. The molecular formula is C13H13NOS. The van der Waals surface area contributed by atoms with Crippen LogP contribution in [0.3, 0.4) is 0 Å². The summed E-state index contributed by atoms with van der Waals surface area (Å²) in [5, 5.41) is 4.80. The highest BCUT2D eigenvalue weighted by molar-refractivity contribution is 7.81. The van der Waals surface area contributed by atoms with E-state index in [1.165, 1.54) is 5.39 Å². The molecule has 0 radical (unpaired) electrons. The van der Waals surface area contributed by atoms with Crippen molar-refractivity contribution in [3.05, 3.63) is 42.5 Å². The van der Waals surface area contributed by atoms with Gasteiger partial charge in [-0.15, -0.1) is 0 Å². The monoisotopic (exact) mass is 231 g/mol. The van der Waals surface area contributed by atoms with Crippen LogP contribution >= 0.6 is 12.6 Å². The van der Waals surface area contributed by atoms with Gasteiger partial charge in [0, 0.05) is 5.69 Å². The van der Waals surface area contributed by atoms with Crippen LogP contribution < -0.4 is 5.32 Å². The van der Waals surface area contributed by atoms with Crippen LogP contribution in [0.2, 0.25) is 0 Å². The predicted octanol–water partition coefficient (Wildman–Crippen LogP) is 3.10. The average molecular weight is 231 g/mol. The molecule has 1 atom stereocenters. The van der Waals surface area contributed by atoms with E-state index in [1.54, 1.807) is 6.92 Å². The Balaban J connectivity index is 2.29. The van der Waals surface area contributed by atoms with E-state index in [9.17, 15) is 4.79 Å². The first-order valence-electron chi connectivity index (χ1n) is 5.14. The van der Waals surface area contributed by atoms with Gasteiger partial charge in [0.15, 0.2) is 0 Å². The normalized spacial score (nSPS) is 12.4. The molecule has 1 unspecified atom stereocenters. The van der Waals surface area contributed by atoms with Gasteiger partial charge in [0.25, 0.3) is 0 Å². The Morgan fingerprint density at radius 1 is 1.19 bits per heavy atom. The Labute approximate surface area is 100 Å². The quantitative estimate of drug-likeness (QED) is 0.764. The zero-order valence-corrected chi connectivity index (χ0v) is 9.87. The van der Waals surface area contributed by atoms with Crippen LogP contribution in [0.5, 0.6) is 0 Å². The van der Waals surface area contributed by atoms with E-state index in [0.29, 0.717) is 0 Å². The molecule has 0 bridgehead atoms. The zero-order chi connectivity index (χ0) is 11.5. The second-order valence-electron chi connectivity index (χ2n) is 3.73. The highest BCUT2D eigenvalue weighted by Gasteiger charge is 2.07. The molecule has 2 rings (SSSR count). The van der Waals surface area contributed by atoms with Crippen molar-refractivity contribution in [1.82, 2.24) is 0 Å². The fourth-order valence-corrected chi connectivity index (χ4v) is 1.58. The van der Waals surface area contributed by atoms with Gasteiger partial charge >= 0.3 is 0 Å². The Bertz CT molecular complexity index is 522. The maximum atomic E-state index is 11.5. The Kier molecular flexibility index (Phi) is 3.15. The van der Waals surface area contributed by atoms with Gasteiger partial charge in [-0.05, 0) is 29.8 Å². The van der Waals surface area contributed by atoms with Crippen molar-refractivity contribution in [2.75, 3.05) is 5.32 Å². The van der Waals surface area contributed by atoms with E-state index in [2.05, 4.69) is 17.9 Å². The summed E-state index contributed by atoms with van der Waals surface area (Å²) in [4.78, 5) is 11.5. The number of nitrogens with one attached hydrogen (secondary N) is 1. The van der Waals surface area contributed by atoms with Gasteiger partial charge in [-0.25, -0.2) is 0 Å². The summed E-state index contributed by atoms with van der Waals surface area (Å²) in [5.41, 5.74) is 0.810. The summed E-state index contributed by atoms with van der Waals surface area (Å²) in [6.45, 7) is 1.75. The first kappa shape index (κ1) is 11.0.